The van der Waals surface area contributed by atoms with Crippen molar-refractivity contribution in [2.24, 2.45) is 11.8 Å². The van der Waals surface area contributed by atoms with Gasteiger partial charge in [0.05, 0.1) is 17.9 Å². The van der Waals surface area contributed by atoms with Gasteiger partial charge in [-0.3, -0.25) is 0 Å². The summed E-state index contributed by atoms with van der Waals surface area (Å²) in [7, 11) is 0. The number of ether oxygens (including phenoxy) is 1. The summed E-state index contributed by atoms with van der Waals surface area (Å²) in [4.78, 5) is 22.6. The van der Waals surface area contributed by atoms with Crippen molar-refractivity contribution in [2.45, 2.75) is 20.3 Å². The maximum atomic E-state index is 11.6. The molecule has 3 rings (SSSR count). The molecule has 0 spiro atoms. The first kappa shape index (κ1) is 11.4. The Kier molecular flexibility index (Phi) is 2.69. The molecule has 96 valence electrons. The third kappa shape index (κ3) is 1.94. The third-order valence-corrected chi connectivity index (χ3v) is 3.72. The van der Waals surface area contributed by atoms with E-state index in [2.05, 4.69) is 14.9 Å². The summed E-state index contributed by atoms with van der Waals surface area (Å²) >= 11 is 0. The molecule has 2 fully saturated rings. The van der Waals surface area contributed by atoms with E-state index in [-0.39, 0.29) is 5.97 Å². The van der Waals surface area contributed by atoms with Crippen molar-refractivity contribution in [1.29, 1.82) is 0 Å². The second-order valence-electron chi connectivity index (χ2n) is 5.05. The number of anilines is 1. The predicted octanol–water partition coefficient (Wildman–Crippen LogP) is 1.42. The number of carbonyl (C=O) groups excluding carboxylic acids is 1. The number of carbonyl (C=O) groups is 1. The molecule has 2 aliphatic rings. The van der Waals surface area contributed by atoms with Crippen molar-refractivity contribution in [1.82, 2.24) is 9.97 Å². The number of aromatic nitrogens is 2. The van der Waals surface area contributed by atoms with Gasteiger partial charge >= 0.3 is 5.97 Å². The van der Waals surface area contributed by atoms with E-state index in [9.17, 15) is 4.79 Å². The second kappa shape index (κ2) is 4.23. The summed E-state index contributed by atoms with van der Waals surface area (Å²) in [6.45, 7) is 6.11. The van der Waals surface area contributed by atoms with Crippen molar-refractivity contribution >= 4 is 11.9 Å². The maximum absolute atomic E-state index is 11.6. The lowest BCUT2D eigenvalue weighted by atomic mass is 10.2. The molecular formula is C13H17N3O2. The topological polar surface area (TPSA) is 55.3 Å². The maximum Gasteiger partial charge on any atom is 0.341 e. The van der Waals surface area contributed by atoms with E-state index >= 15 is 0 Å². The summed E-state index contributed by atoms with van der Waals surface area (Å²) < 4.78 is 4.97. The van der Waals surface area contributed by atoms with Gasteiger partial charge in [-0.2, -0.15) is 0 Å². The van der Waals surface area contributed by atoms with Crippen LogP contribution in [0.25, 0.3) is 0 Å². The number of fused-ring (bicyclic) bond motifs is 1. The molecule has 2 atom stereocenters. The zero-order valence-corrected chi connectivity index (χ0v) is 10.7. The van der Waals surface area contributed by atoms with Gasteiger partial charge in [0.15, 0.2) is 0 Å². The average molecular weight is 247 g/mol. The van der Waals surface area contributed by atoms with Crippen LogP contribution in [0.5, 0.6) is 0 Å². The van der Waals surface area contributed by atoms with Crippen LogP contribution in [0.2, 0.25) is 0 Å². The average Bonchev–Trinajstić information content (AvgIpc) is 2.96. The Bertz CT molecular complexity index is 479. The molecule has 5 nitrogen and oxygen atoms in total. The molecule has 1 saturated carbocycles. The predicted molar refractivity (Wildman–Crippen MR) is 66.5 cm³/mol. The van der Waals surface area contributed by atoms with Crippen LogP contribution in [0.3, 0.4) is 0 Å². The monoisotopic (exact) mass is 247 g/mol. The van der Waals surface area contributed by atoms with E-state index < -0.39 is 0 Å². The van der Waals surface area contributed by atoms with Gasteiger partial charge in [-0.15, -0.1) is 0 Å². The Labute approximate surface area is 106 Å². The Hall–Kier alpha value is -1.65. The van der Waals surface area contributed by atoms with E-state index in [1.165, 1.54) is 6.42 Å². The summed E-state index contributed by atoms with van der Waals surface area (Å²) in [6.07, 6.45) is 2.94. The number of piperidine rings is 1. The van der Waals surface area contributed by atoms with Crippen molar-refractivity contribution in [3.63, 3.8) is 0 Å². The summed E-state index contributed by atoms with van der Waals surface area (Å²) in [5.41, 5.74) is 1.16. The van der Waals surface area contributed by atoms with Crippen LogP contribution in [0.4, 0.5) is 5.95 Å². The fourth-order valence-electron chi connectivity index (χ4n) is 2.58. The molecule has 0 N–H and O–H groups in total. The summed E-state index contributed by atoms with van der Waals surface area (Å²) in [6, 6.07) is 0. The van der Waals surface area contributed by atoms with Crippen LogP contribution in [-0.4, -0.2) is 35.6 Å². The smallest absolute Gasteiger partial charge is 0.341 e. The minimum absolute atomic E-state index is 0.342. The molecule has 0 amide bonds. The van der Waals surface area contributed by atoms with Gasteiger partial charge in [-0.05, 0) is 32.1 Å². The summed E-state index contributed by atoms with van der Waals surface area (Å²) in [5.74, 6) is 2.09. The number of hydrogen-bond donors (Lipinski definition) is 0. The molecule has 1 saturated heterocycles. The van der Waals surface area contributed by atoms with Crippen LogP contribution in [0, 0.1) is 18.8 Å². The standard InChI is InChI=1S/C13H17N3O2/c1-3-18-12(17)11-5-14-13(15-8(11)2)16-6-9-4-10(9)7-16/h5,9-10H,3-4,6-7H2,1-2H3. The van der Waals surface area contributed by atoms with Crippen LogP contribution in [0.1, 0.15) is 29.4 Å². The van der Waals surface area contributed by atoms with E-state index in [1.807, 2.05) is 6.92 Å². The lowest BCUT2D eigenvalue weighted by Crippen LogP contribution is -2.25. The minimum atomic E-state index is -0.342. The van der Waals surface area contributed by atoms with Crippen LogP contribution in [0.15, 0.2) is 6.20 Å². The molecule has 2 heterocycles. The van der Waals surface area contributed by atoms with E-state index in [0.717, 1.165) is 30.9 Å². The van der Waals surface area contributed by atoms with Gasteiger partial charge in [0.2, 0.25) is 5.95 Å². The van der Waals surface area contributed by atoms with Crippen LogP contribution < -0.4 is 4.90 Å². The molecule has 1 aromatic rings. The molecule has 0 aromatic carbocycles. The van der Waals surface area contributed by atoms with Crippen molar-refractivity contribution in [3.05, 3.63) is 17.5 Å². The SMILES string of the molecule is CCOC(=O)c1cnc(N2CC3CC3C2)nc1C. The third-order valence-electron chi connectivity index (χ3n) is 3.72. The molecule has 0 radical (unpaired) electrons. The quantitative estimate of drug-likeness (QED) is 0.756. The van der Waals surface area contributed by atoms with E-state index in [0.29, 0.717) is 17.9 Å². The van der Waals surface area contributed by atoms with Gasteiger partial charge < -0.3 is 9.64 Å². The molecule has 1 aliphatic carbocycles. The summed E-state index contributed by atoms with van der Waals surface area (Å²) in [5, 5.41) is 0. The van der Waals surface area contributed by atoms with E-state index in [1.54, 1.807) is 13.1 Å². The van der Waals surface area contributed by atoms with Crippen molar-refractivity contribution in [3.8, 4) is 0 Å². The number of rotatable bonds is 3. The minimum Gasteiger partial charge on any atom is -0.462 e. The lowest BCUT2D eigenvalue weighted by molar-refractivity contribution is 0.0524. The van der Waals surface area contributed by atoms with E-state index in [4.69, 9.17) is 4.74 Å². The largest absolute Gasteiger partial charge is 0.462 e. The van der Waals surface area contributed by atoms with Gasteiger partial charge in [0.1, 0.15) is 0 Å². The molecule has 1 aromatic heterocycles. The Balaban J connectivity index is 1.78. The highest BCUT2D eigenvalue weighted by Crippen LogP contribution is 2.45. The fraction of sp³-hybridized carbons (Fsp3) is 0.615. The highest BCUT2D eigenvalue weighted by molar-refractivity contribution is 5.90. The highest BCUT2D eigenvalue weighted by Gasteiger charge is 2.45. The van der Waals surface area contributed by atoms with Crippen LogP contribution in [-0.2, 0) is 4.74 Å². The Morgan fingerprint density at radius 2 is 2.22 bits per heavy atom. The first-order valence-electron chi connectivity index (χ1n) is 6.44. The zero-order chi connectivity index (χ0) is 12.7. The second-order valence-corrected chi connectivity index (χ2v) is 5.05. The first-order chi connectivity index (χ1) is 8.69. The molecular weight excluding hydrogens is 230 g/mol. The van der Waals surface area contributed by atoms with Gasteiger partial charge in [-0.1, -0.05) is 0 Å². The molecule has 1 aliphatic heterocycles. The van der Waals surface area contributed by atoms with Gasteiger partial charge in [0, 0.05) is 19.3 Å². The van der Waals surface area contributed by atoms with Gasteiger partial charge in [-0.25, -0.2) is 14.8 Å². The number of nitrogens with zero attached hydrogens (tertiary/aromatic N) is 3. The number of esters is 1. The molecule has 5 heteroatoms. The van der Waals surface area contributed by atoms with Crippen LogP contribution >= 0.6 is 0 Å². The first-order valence-corrected chi connectivity index (χ1v) is 6.44. The van der Waals surface area contributed by atoms with Crippen molar-refractivity contribution in [2.75, 3.05) is 24.6 Å². The molecule has 2 unspecified atom stereocenters. The van der Waals surface area contributed by atoms with Gasteiger partial charge in [0.25, 0.3) is 0 Å². The van der Waals surface area contributed by atoms with Crippen molar-refractivity contribution < 1.29 is 9.53 Å². The Morgan fingerprint density at radius 3 is 2.83 bits per heavy atom. The molecule has 0 bridgehead atoms. The normalized spacial score (nSPS) is 24.9. The zero-order valence-electron chi connectivity index (χ0n) is 10.7. The number of aryl methyl sites for hydroxylation is 1. The Morgan fingerprint density at radius 1 is 1.50 bits per heavy atom. The molecule has 18 heavy (non-hydrogen) atoms. The fourth-order valence-corrected chi connectivity index (χ4v) is 2.58. The lowest BCUT2D eigenvalue weighted by Gasteiger charge is -2.18. The number of hydrogen-bond acceptors (Lipinski definition) is 5. The highest BCUT2D eigenvalue weighted by atomic mass is 16.5.